The number of benzene rings is 1. The van der Waals surface area contributed by atoms with E-state index in [9.17, 15) is 9.90 Å². The number of likely N-dealkylation sites (tertiary alicyclic amines) is 1. The smallest absolute Gasteiger partial charge is 0.272 e. The third-order valence-electron chi connectivity index (χ3n) is 4.16. The molecule has 5 heteroatoms. The largest absolute Gasteiger partial charge is 0.457 e. The Labute approximate surface area is 147 Å². The number of hydrogen-bond acceptors (Lipinski definition) is 4. The molecule has 0 radical (unpaired) electrons. The summed E-state index contributed by atoms with van der Waals surface area (Å²) in [6, 6.07) is 12.7. The summed E-state index contributed by atoms with van der Waals surface area (Å²) in [6.07, 6.45) is 2.45. The standard InChI is InChI=1S/C20H20N2O3/c1-2-9-20(24)10-13-22(14-11-20)19(23)18-15-17(8-12-21-18)25-16-6-4-3-5-7-16/h3-8,12,15,24H,10-11,13-14H2,1H3. The van der Waals surface area contributed by atoms with Crippen molar-refractivity contribution in [2.24, 2.45) is 0 Å². The Morgan fingerprint density at radius 3 is 2.60 bits per heavy atom. The van der Waals surface area contributed by atoms with Gasteiger partial charge in [-0.3, -0.25) is 9.78 Å². The quantitative estimate of drug-likeness (QED) is 0.876. The van der Waals surface area contributed by atoms with Crippen LogP contribution < -0.4 is 4.74 Å². The predicted molar refractivity (Wildman–Crippen MR) is 94.3 cm³/mol. The molecule has 0 atom stereocenters. The molecule has 2 aromatic rings. The van der Waals surface area contributed by atoms with Crippen molar-refractivity contribution in [3.63, 3.8) is 0 Å². The highest BCUT2D eigenvalue weighted by Gasteiger charge is 2.32. The van der Waals surface area contributed by atoms with Crippen molar-refractivity contribution in [2.45, 2.75) is 25.4 Å². The third-order valence-corrected chi connectivity index (χ3v) is 4.16. The Morgan fingerprint density at radius 2 is 1.92 bits per heavy atom. The second kappa shape index (κ2) is 7.37. The molecule has 2 heterocycles. The number of aromatic nitrogens is 1. The predicted octanol–water partition coefficient (Wildman–Crippen LogP) is 2.86. The fraction of sp³-hybridized carbons (Fsp3) is 0.300. The molecule has 0 saturated carbocycles. The monoisotopic (exact) mass is 336 g/mol. The number of hydrogen-bond donors (Lipinski definition) is 1. The van der Waals surface area contributed by atoms with Crippen LogP contribution in [0.4, 0.5) is 0 Å². The van der Waals surface area contributed by atoms with Gasteiger partial charge in [-0.1, -0.05) is 24.1 Å². The van der Waals surface area contributed by atoms with Crippen LogP contribution in [0.15, 0.2) is 48.7 Å². The summed E-state index contributed by atoms with van der Waals surface area (Å²) in [4.78, 5) is 18.5. The van der Waals surface area contributed by atoms with Crippen LogP contribution in [0.2, 0.25) is 0 Å². The molecule has 1 fully saturated rings. The first-order valence-corrected chi connectivity index (χ1v) is 8.24. The van der Waals surface area contributed by atoms with Crippen LogP contribution in [0.5, 0.6) is 11.5 Å². The highest BCUT2D eigenvalue weighted by atomic mass is 16.5. The van der Waals surface area contributed by atoms with Gasteiger partial charge >= 0.3 is 0 Å². The van der Waals surface area contributed by atoms with Crippen LogP contribution in [0, 0.1) is 11.8 Å². The SMILES string of the molecule is CC#CC1(O)CCN(C(=O)c2cc(Oc3ccccc3)ccn2)CC1. The molecule has 1 aliphatic heterocycles. The summed E-state index contributed by atoms with van der Waals surface area (Å²) in [7, 11) is 0. The minimum Gasteiger partial charge on any atom is -0.457 e. The third kappa shape index (κ3) is 4.17. The van der Waals surface area contributed by atoms with Gasteiger partial charge in [-0.05, 0) is 25.1 Å². The van der Waals surface area contributed by atoms with Crippen LogP contribution in [-0.2, 0) is 0 Å². The van der Waals surface area contributed by atoms with E-state index in [0.717, 1.165) is 0 Å². The molecule has 0 aliphatic carbocycles. The van der Waals surface area contributed by atoms with Gasteiger partial charge in [0.15, 0.2) is 0 Å². The molecule has 1 amide bonds. The summed E-state index contributed by atoms with van der Waals surface area (Å²) in [6.45, 7) is 2.61. The van der Waals surface area contributed by atoms with Gasteiger partial charge in [0.05, 0.1) is 0 Å². The Hall–Kier alpha value is -2.84. The Balaban J connectivity index is 1.69. The molecule has 0 unspecified atom stereocenters. The summed E-state index contributed by atoms with van der Waals surface area (Å²) < 4.78 is 5.75. The zero-order valence-electron chi connectivity index (χ0n) is 14.1. The van der Waals surface area contributed by atoms with Crippen LogP contribution in [-0.4, -0.2) is 39.6 Å². The number of nitrogens with zero attached hydrogens (tertiary/aromatic N) is 2. The number of para-hydroxylation sites is 1. The van der Waals surface area contributed by atoms with E-state index in [1.807, 2.05) is 30.3 Å². The van der Waals surface area contributed by atoms with E-state index in [-0.39, 0.29) is 5.91 Å². The zero-order valence-corrected chi connectivity index (χ0v) is 14.1. The van der Waals surface area contributed by atoms with Crippen molar-refractivity contribution >= 4 is 5.91 Å². The van der Waals surface area contributed by atoms with Gasteiger partial charge < -0.3 is 14.7 Å². The van der Waals surface area contributed by atoms with Crippen molar-refractivity contribution in [3.8, 4) is 23.3 Å². The second-order valence-electron chi connectivity index (χ2n) is 5.99. The molecule has 1 aliphatic rings. The van der Waals surface area contributed by atoms with Crippen LogP contribution in [0.3, 0.4) is 0 Å². The summed E-state index contributed by atoms with van der Waals surface area (Å²) in [5, 5.41) is 10.3. The van der Waals surface area contributed by atoms with Crippen molar-refractivity contribution < 1.29 is 14.6 Å². The maximum absolute atomic E-state index is 12.7. The van der Waals surface area contributed by atoms with E-state index < -0.39 is 5.60 Å². The van der Waals surface area contributed by atoms with Crippen molar-refractivity contribution in [1.29, 1.82) is 0 Å². The van der Waals surface area contributed by atoms with Crippen molar-refractivity contribution in [1.82, 2.24) is 9.88 Å². The van der Waals surface area contributed by atoms with Crippen LogP contribution >= 0.6 is 0 Å². The highest BCUT2D eigenvalue weighted by Crippen LogP contribution is 2.24. The number of piperidine rings is 1. The molecule has 1 aromatic heterocycles. The van der Waals surface area contributed by atoms with Gasteiger partial charge in [-0.2, -0.15) is 0 Å². The van der Waals surface area contributed by atoms with E-state index in [0.29, 0.717) is 43.1 Å². The summed E-state index contributed by atoms with van der Waals surface area (Å²) >= 11 is 0. The number of amides is 1. The molecule has 1 N–H and O–H groups in total. The van der Waals surface area contributed by atoms with Gasteiger partial charge in [-0.15, -0.1) is 5.92 Å². The van der Waals surface area contributed by atoms with Gasteiger partial charge in [0.25, 0.3) is 5.91 Å². The highest BCUT2D eigenvalue weighted by molar-refractivity contribution is 5.92. The van der Waals surface area contributed by atoms with E-state index in [2.05, 4.69) is 16.8 Å². The maximum atomic E-state index is 12.7. The molecular formula is C20H20N2O3. The van der Waals surface area contributed by atoms with E-state index in [1.54, 1.807) is 30.2 Å². The Bertz CT molecular complexity index is 800. The van der Waals surface area contributed by atoms with Crippen LogP contribution in [0.25, 0.3) is 0 Å². The van der Waals surface area contributed by atoms with Gasteiger partial charge in [0, 0.05) is 38.2 Å². The normalized spacial score (nSPS) is 15.8. The van der Waals surface area contributed by atoms with E-state index in [1.165, 1.54) is 0 Å². The first kappa shape index (κ1) is 17.0. The molecule has 0 bridgehead atoms. The molecule has 1 saturated heterocycles. The number of rotatable bonds is 3. The molecule has 3 rings (SSSR count). The fourth-order valence-electron chi connectivity index (χ4n) is 2.82. The average Bonchev–Trinajstić information content (AvgIpc) is 2.63. The number of pyridine rings is 1. The number of carbonyl (C=O) groups excluding carboxylic acids is 1. The fourth-order valence-corrected chi connectivity index (χ4v) is 2.82. The lowest BCUT2D eigenvalue weighted by Gasteiger charge is -2.34. The molecule has 128 valence electrons. The molecule has 5 nitrogen and oxygen atoms in total. The van der Waals surface area contributed by atoms with Gasteiger partial charge in [0.2, 0.25) is 0 Å². The average molecular weight is 336 g/mol. The first-order valence-electron chi connectivity index (χ1n) is 8.24. The minimum atomic E-state index is -0.989. The van der Waals surface area contributed by atoms with E-state index in [4.69, 9.17) is 4.74 Å². The summed E-state index contributed by atoms with van der Waals surface area (Å²) in [5.41, 5.74) is -0.655. The second-order valence-corrected chi connectivity index (χ2v) is 5.99. The minimum absolute atomic E-state index is 0.162. The molecule has 25 heavy (non-hydrogen) atoms. The Kier molecular flexibility index (Phi) is 5.01. The van der Waals surface area contributed by atoms with Crippen LogP contribution in [0.1, 0.15) is 30.3 Å². The number of ether oxygens (including phenoxy) is 1. The van der Waals surface area contributed by atoms with Gasteiger partial charge in [0.1, 0.15) is 22.8 Å². The maximum Gasteiger partial charge on any atom is 0.272 e. The topological polar surface area (TPSA) is 62.7 Å². The lowest BCUT2D eigenvalue weighted by molar-refractivity contribution is 0.0246. The van der Waals surface area contributed by atoms with Crippen molar-refractivity contribution in [2.75, 3.05) is 13.1 Å². The first-order chi connectivity index (χ1) is 12.1. The van der Waals surface area contributed by atoms with Crippen molar-refractivity contribution in [3.05, 3.63) is 54.4 Å². The van der Waals surface area contributed by atoms with E-state index >= 15 is 0 Å². The molecular weight excluding hydrogens is 316 g/mol. The lowest BCUT2D eigenvalue weighted by Crippen LogP contribution is -2.46. The van der Waals surface area contributed by atoms with Gasteiger partial charge in [-0.25, -0.2) is 0 Å². The molecule has 1 aromatic carbocycles. The number of carbonyl (C=O) groups is 1. The number of aliphatic hydroxyl groups is 1. The zero-order chi connectivity index (χ0) is 17.7. The Morgan fingerprint density at radius 1 is 1.20 bits per heavy atom. The molecule has 0 spiro atoms. The summed E-state index contributed by atoms with van der Waals surface area (Å²) in [5.74, 6) is 6.69. The lowest BCUT2D eigenvalue weighted by atomic mass is 9.92.